The third kappa shape index (κ3) is 7.25. The van der Waals surface area contributed by atoms with Crippen LogP contribution < -0.4 is 21.3 Å². The number of hydrogen-bond donors (Lipinski definition) is 4. The predicted molar refractivity (Wildman–Crippen MR) is 237 cm³/mol. The molecule has 276 valence electrons. The molecular formula is C51H46N4S. The van der Waals surface area contributed by atoms with E-state index in [4.69, 9.17) is 0 Å². The van der Waals surface area contributed by atoms with Gasteiger partial charge in [-0.3, -0.25) is 10.6 Å². The summed E-state index contributed by atoms with van der Waals surface area (Å²) in [7, 11) is 0. The summed E-state index contributed by atoms with van der Waals surface area (Å²) in [5, 5.41) is 18.1. The van der Waals surface area contributed by atoms with Crippen LogP contribution in [-0.4, -0.2) is 0 Å². The SMILES string of the molecule is C=C/C(=C\C=C/C)C1=CC(c2cc(C3=CC=C(C4=CC(c5ccccc5)NC(c5ccccc5)N4)CC3)c3c(c2)sc2ccccc23)NC(c2ccccc2)N1. The third-order valence-electron chi connectivity index (χ3n) is 11.1. The van der Waals surface area contributed by atoms with Gasteiger partial charge in [0, 0.05) is 31.6 Å². The van der Waals surface area contributed by atoms with Crippen molar-refractivity contribution in [1.29, 1.82) is 0 Å². The van der Waals surface area contributed by atoms with Crippen molar-refractivity contribution in [3.63, 3.8) is 0 Å². The highest BCUT2D eigenvalue weighted by molar-refractivity contribution is 7.25. The molecule has 0 saturated heterocycles. The van der Waals surface area contributed by atoms with E-state index in [1.54, 1.807) is 0 Å². The molecule has 4 nitrogen and oxygen atoms in total. The molecule has 1 aliphatic carbocycles. The summed E-state index contributed by atoms with van der Waals surface area (Å²) in [6, 6.07) is 45.9. The fraction of sp³-hybridized carbons (Fsp3) is 0.137. The molecule has 4 N–H and O–H groups in total. The van der Waals surface area contributed by atoms with Gasteiger partial charge in [-0.1, -0.05) is 152 Å². The maximum Gasteiger partial charge on any atom is 0.104 e. The summed E-state index contributed by atoms with van der Waals surface area (Å²) in [5.74, 6) is 0. The molecule has 0 saturated carbocycles. The van der Waals surface area contributed by atoms with Gasteiger partial charge in [0.1, 0.15) is 12.3 Å². The van der Waals surface area contributed by atoms with Crippen LogP contribution in [0.1, 0.15) is 72.0 Å². The van der Waals surface area contributed by atoms with Gasteiger partial charge in [0.25, 0.3) is 0 Å². The smallest absolute Gasteiger partial charge is 0.104 e. The minimum absolute atomic E-state index is 0.00532. The Balaban J connectivity index is 1.13. The summed E-state index contributed by atoms with van der Waals surface area (Å²) in [6.07, 6.45) is 19.5. The van der Waals surface area contributed by atoms with Crippen LogP contribution in [0.15, 0.2) is 205 Å². The summed E-state index contributed by atoms with van der Waals surface area (Å²) in [4.78, 5) is 0. The molecule has 5 heteroatoms. The van der Waals surface area contributed by atoms with Crippen molar-refractivity contribution < 1.29 is 0 Å². The minimum atomic E-state index is -0.0683. The van der Waals surface area contributed by atoms with Gasteiger partial charge in [-0.25, -0.2) is 0 Å². The number of thiophene rings is 1. The van der Waals surface area contributed by atoms with Crippen LogP contribution in [-0.2, 0) is 0 Å². The fourth-order valence-electron chi connectivity index (χ4n) is 8.22. The van der Waals surface area contributed by atoms with E-state index >= 15 is 0 Å². The summed E-state index contributed by atoms with van der Waals surface area (Å²) < 4.78 is 2.63. The van der Waals surface area contributed by atoms with E-state index in [9.17, 15) is 0 Å². The first-order valence-electron chi connectivity index (χ1n) is 19.6. The van der Waals surface area contributed by atoms with Gasteiger partial charge in [-0.2, -0.15) is 0 Å². The van der Waals surface area contributed by atoms with Crippen molar-refractivity contribution >= 4 is 37.1 Å². The van der Waals surface area contributed by atoms with Crippen LogP contribution in [0.3, 0.4) is 0 Å². The highest BCUT2D eigenvalue weighted by atomic mass is 32.1. The van der Waals surface area contributed by atoms with Crippen LogP contribution in [0.5, 0.6) is 0 Å². The van der Waals surface area contributed by atoms with Crippen molar-refractivity contribution in [3.8, 4) is 0 Å². The highest BCUT2D eigenvalue weighted by Gasteiger charge is 2.28. The Hall–Kier alpha value is -5.98. The van der Waals surface area contributed by atoms with Crippen LogP contribution in [0.2, 0.25) is 0 Å². The molecule has 9 rings (SSSR count). The van der Waals surface area contributed by atoms with Crippen LogP contribution in [0, 0.1) is 0 Å². The van der Waals surface area contributed by atoms with Gasteiger partial charge in [0.05, 0.1) is 12.1 Å². The first-order chi connectivity index (χ1) is 27.6. The largest absolute Gasteiger partial charge is 0.366 e. The van der Waals surface area contributed by atoms with Crippen LogP contribution >= 0.6 is 11.3 Å². The monoisotopic (exact) mass is 746 g/mol. The lowest BCUT2D eigenvalue weighted by Crippen LogP contribution is -2.40. The van der Waals surface area contributed by atoms with Gasteiger partial charge in [0.15, 0.2) is 0 Å². The van der Waals surface area contributed by atoms with Crippen molar-refractivity contribution in [2.24, 2.45) is 0 Å². The van der Waals surface area contributed by atoms with Crippen LogP contribution in [0.4, 0.5) is 0 Å². The second-order valence-electron chi connectivity index (χ2n) is 14.6. The van der Waals surface area contributed by atoms with Crippen molar-refractivity contribution in [1.82, 2.24) is 21.3 Å². The van der Waals surface area contributed by atoms with Gasteiger partial charge >= 0.3 is 0 Å². The lowest BCUT2D eigenvalue weighted by molar-refractivity contribution is 0.418. The number of hydrogen-bond acceptors (Lipinski definition) is 5. The second-order valence-corrected chi connectivity index (χ2v) is 15.7. The van der Waals surface area contributed by atoms with Crippen molar-refractivity contribution in [2.45, 2.75) is 44.2 Å². The van der Waals surface area contributed by atoms with Gasteiger partial charge in [-0.05, 0) is 94.7 Å². The Kier molecular flexibility index (Phi) is 10.2. The molecule has 4 atom stereocenters. The Morgan fingerprint density at radius 2 is 1.25 bits per heavy atom. The summed E-state index contributed by atoms with van der Waals surface area (Å²) in [6.45, 7) is 6.22. The Labute approximate surface area is 334 Å². The zero-order valence-electron chi connectivity index (χ0n) is 31.6. The first-order valence-corrected chi connectivity index (χ1v) is 20.4. The maximum atomic E-state index is 4.18. The normalized spacial score (nSPS) is 21.5. The van der Waals surface area contributed by atoms with Crippen LogP contribution in [0.25, 0.3) is 25.7 Å². The van der Waals surface area contributed by atoms with E-state index in [2.05, 4.69) is 198 Å². The third-order valence-corrected chi connectivity index (χ3v) is 12.2. The topological polar surface area (TPSA) is 48.1 Å². The molecule has 1 aromatic heterocycles. The molecule has 0 fully saturated rings. The zero-order chi connectivity index (χ0) is 37.8. The zero-order valence-corrected chi connectivity index (χ0v) is 32.4. The van der Waals surface area contributed by atoms with Crippen molar-refractivity contribution in [3.05, 3.63) is 233 Å². The maximum absolute atomic E-state index is 4.18. The standard InChI is InChI=1S/C51H46N4S/c1-3-5-17-34(4-2)43-32-46(55-50(52-43)38-20-11-7-12-21-38)40-30-42(49-41-24-15-16-25-47(41)56-48(49)31-40)35-26-28-37(29-27-35)45-33-44(36-18-9-6-10-19-36)53-51(54-45)39-22-13-8-14-23-39/h3-26,28,30-33,44,46,50-55H,2,27,29H2,1H3/b5-3-,34-17+. The Bertz CT molecular complexity index is 2570. The van der Waals surface area contributed by atoms with E-state index in [-0.39, 0.29) is 24.4 Å². The van der Waals surface area contributed by atoms with Gasteiger partial charge in [-0.15, -0.1) is 11.3 Å². The molecule has 4 unspecified atom stereocenters. The molecule has 3 aliphatic rings. The van der Waals surface area contributed by atoms with Crippen molar-refractivity contribution in [2.75, 3.05) is 0 Å². The number of benzene rings is 5. The molecule has 0 radical (unpaired) electrons. The highest BCUT2D eigenvalue weighted by Crippen LogP contribution is 2.44. The Morgan fingerprint density at radius 1 is 0.643 bits per heavy atom. The molecule has 56 heavy (non-hydrogen) atoms. The summed E-state index contributed by atoms with van der Waals surface area (Å²) in [5.41, 5.74) is 12.3. The van der Waals surface area contributed by atoms with E-state index in [1.165, 1.54) is 64.8 Å². The molecule has 0 amide bonds. The molecule has 2 aliphatic heterocycles. The average Bonchev–Trinajstić information content (AvgIpc) is 3.66. The lowest BCUT2D eigenvalue weighted by Gasteiger charge is -2.34. The first kappa shape index (κ1) is 35.7. The molecular weight excluding hydrogens is 701 g/mol. The fourth-order valence-corrected chi connectivity index (χ4v) is 9.40. The lowest BCUT2D eigenvalue weighted by atomic mass is 9.86. The number of fused-ring (bicyclic) bond motifs is 3. The number of nitrogens with one attached hydrogen (secondary N) is 4. The Morgan fingerprint density at radius 3 is 1.91 bits per heavy atom. The minimum Gasteiger partial charge on any atom is -0.366 e. The van der Waals surface area contributed by atoms with E-state index in [0.717, 1.165) is 24.1 Å². The van der Waals surface area contributed by atoms with E-state index in [1.807, 2.05) is 24.3 Å². The molecule has 3 heterocycles. The average molecular weight is 747 g/mol. The molecule has 0 spiro atoms. The summed E-state index contributed by atoms with van der Waals surface area (Å²) >= 11 is 1.89. The molecule has 0 bridgehead atoms. The number of allylic oxidation sites excluding steroid dienone is 8. The number of rotatable bonds is 9. The quantitative estimate of drug-likeness (QED) is 0.111. The van der Waals surface area contributed by atoms with E-state index in [0.29, 0.717) is 0 Å². The molecule has 5 aromatic carbocycles. The van der Waals surface area contributed by atoms with Gasteiger partial charge < -0.3 is 10.6 Å². The molecule has 6 aromatic rings. The van der Waals surface area contributed by atoms with Gasteiger partial charge in [0.2, 0.25) is 0 Å². The predicted octanol–water partition coefficient (Wildman–Crippen LogP) is 12.2. The van der Waals surface area contributed by atoms with E-state index < -0.39 is 0 Å². The second kappa shape index (κ2) is 16.0.